The van der Waals surface area contributed by atoms with Gasteiger partial charge in [-0.2, -0.15) is 0 Å². The fraction of sp³-hybridized carbons (Fsp3) is 0.900. The highest BCUT2D eigenvalue weighted by Gasteiger charge is 2.37. The van der Waals surface area contributed by atoms with Crippen molar-refractivity contribution >= 4 is 5.97 Å². The van der Waals surface area contributed by atoms with Gasteiger partial charge in [0.05, 0.1) is 0 Å². The topological polar surface area (TPSA) is 40.5 Å². The maximum absolute atomic E-state index is 13.2. The lowest BCUT2D eigenvalue weighted by Crippen LogP contribution is -2.40. The Labute approximate surface area is 83.9 Å². The summed E-state index contributed by atoms with van der Waals surface area (Å²) in [7, 11) is 0. The zero-order valence-electron chi connectivity index (χ0n) is 8.96. The summed E-state index contributed by atoms with van der Waals surface area (Å²) in [6, 6.07) is 0. The molecule has 3 nitrogen and oxygen atoms in total. The molecule has 0 saturated carbocycles. The maximum atomic E-state index is 13.2. The molecule has 1 saturated heterocycles. The van der Waals surface area contributed by atoms with Crippen LogP contribution in [0.25, 0.3) is 0 Å². The van der Waals surface area contributed by atoms with E-state index in [9.17, 15) is 9.18 Å². The quantitative estimate of drug-likeness (QED) is 0.740. The van der Waals surface area contributed by atoms with E-state index in [1.54, 1.807) is 0 Å². The zero-order chi connectivity index (χ0) is 10.9. The number of hydrogen-bond donors (Lipinski definition) is 1. The van der Waals surface area contributed by atoms with E-state index in [4.69, 9.17) is 5.11 Å². The van der Waals surface area contributed by atoms with Crippen molar-refractivity contribution in [3.8, 4) is 0 Å². The highest BCUT2D eigenvalue weighted by atomic mass is 19.1. The average Bonchev–Trinajstić information content (AvgIpc) is 2.49. The van der Waals surface area contributed by atoms with Gasteiger partial charge in [-0.3, -0.25) is 4.90 Å². The first kappa shape index (κ1) is 11.4. The second kappa shape index (κ2) is 3.85. The Kier molecular flexibility index (Phi) is 3.14. The molecule has 4 heteroatoms. The van der Waals surface area contributed by atoms with Crippen LogP contribution in [0.3, 0.4) is 0 Å². The first-order valence-electron chi connectivity index (χ1n) is 4.94. The van der Waals surface area contributed by atoms with Crippen molar-refractivity contribution < 1.29 is 14.3 Å². The second-order valence-electron chi connectivity index (χ2n) is 4.91. The maximum Gasteiger partial charge on any atom is 0.338 e. The zero-order valence-corrected chi connectivity index (χ0v) is 8.96. The van der Waals surface area contributed by atoms with E-state index in [2.05, 4.69) is 25.7 Å². The minimum Gasteiger partial charge on any atom is -0.479 e. The molecule has 1 fully saturated rings. The van der Waals surface area contributed by atoms with Gasteiger partial charge >= 0.3 is 5.97 Å². The van der Waals surface area contributed by atoms with Crippen molar-refractivity contribution in [1.29, 1.82) is 0 Å². The van der Waals surface area contributed by atoms with E-state index in [1.165, 1.54) is 0 Å². The minimum absolute atomic E-state index is 0.00692. The molecule has 14 heavy (non-hydrogen) atoms. The van der Waals surface area contributed by atoms with Gasteiger partial charge in [-0.15, -0.1) is 0 Å². The van der Waals surface area contributed by atoms with Crippen molar-refractivity contribution in [3.63, 3.8) is 0 Å². The summed E-state index contributed by atoms with van der Waals surface area (Å²) in [5, 5.41) is 8.54. The number of alkyl halides is 1. The van der Waals surface area contributed by atoms with Gasteiger partial charge < -0.3 is 5.11 Å². The number of carbonyl (C=O) groups is 1. The summed E-state index contributed by atoms with van der Waals surface area (Å²) >= 11 is 0. The van der Waals surface area contributed by atoms with Crippen molar-refractivity contribution in [2.45, 2.75) is 38.9 Å². The molecule has 1 N–H and O–H groups in total. The number of nitrogens with zero attached hydrogens (tertiary/aromatic N) is 1. The standard InChI is InChI=1S/C10H18FNO2/c1-10(2,3)12-5-4-7(6-12)8(11)9(13)14/h7-8H,4-6H2,1-3H3,(H,13,14). The highest BCUT2D eigenvalue weighted by Crippen LogP contribution is 2.27. The summed E-state index contributed by atoms with van der Waals surface area (Å²) in [4.78, 5) is 12.6. The monoisotopic (exact) mass is 203 g/mol. The Morgan fingerprint density at radius 3 is 2.50 bits per heavy atom. The molecule has 0 radical (unpaired) electrons. The van der Waals surface area contributed by atoms with E-state index in [-0.39, 0.29) is 11.5 Å². The van der Waals surface area contributed by atoms with Crippen molar-refractivity contribution in [1.82, 2.24) is 4.90 Å². The number of likely N-dealkylation sites (tertiary alicyclic amines) is 1. The van der Waals surface area contributed by atoms with Gasteiger partial charge in [-0.1, -0.05) is 0 Å². The van der Waals surface area contributed by atoms with Crippen LogP contribution in [-0.4, -0.2) is 40.8 Å². The van der Waals surface area contributed by atoms with Crippen LogP contribution in [0.4, 0.5) is 4.39 Å². The van der Waals surface area contributed by atoms with Gasteiger partial charge in [0.1, 0.15) is 0 Å². The van der Waals surface area contributed by atoms with Gasteiger partial charge in [0.25, 0.3) is 0 Å². The van der Waals surface area contributed by atoms with E-state index in [1.807, 2.05) is 0 Å². The Hall–Kier alpha value is -0.640. The van der Waals surface area contributed by atoms with Gasteiger partial charge in [0.2, 0.25) is 6.17 Å². The van der Waals surface area contributed by atoms with Crippen LogP contribution in [0.2, 0.25) is 0 Å². The van der Waals surface area contributed by atoms with Gasteiger partial charge in [0.15, 0.2) is 0 Å². The molecule has 0 spiro atoms. The molecule has 0 aromatic heterocycles. The third kappa shape index (κ3) is 2.44. The number of rotatable bonds is 2. The first-order valence-corrected chi connectivity index (χ1v) is 4.94. The molecule has 1 heterocycles. The fourth-order valence-corrected chi connectivity index (χ4v) is 1.84. The largest absolute Gasteiger partial charge is 0.479 e. The molecule has 0 aromatic carbocycles. The lowest BCUT2D eigenvalue weighted by atomic mass is 10.0. The molecule has 1 aliphatic rings. The molecule has 0 bridgehead atoms. The van der Waals surface area contributed by atoms with Crippen LogP contribution in [0.1, 0.15) is 27.2 Å². The van der Waals surface area contributed by atoms with Gasteiger partial charge in [-0.05, 0) is 33.7 Å². The summed E-state index contributed by atoms with van der Waals surface area (Å²) in [6.45, 7) is 7.52. The number of halogens is 1. The first-order chi connectivity index (χ1) is 6.32. The van der Waals surface area contributed by atoms with E-state index < -0.39 is 12.1 Å². The molecule has 2 atom stereocenters. The molecular formula is C10H18FNO2. The fourth-order valence-electron chi connectivity index (χ4n) is 1.84. The number of hydrogen-bond acceptors (Lipinski definition) is 2. The van der Waals surface area contributed by atoms with Crippen molar-refractivity contribution in [2.75, 3.05) is 13.1 Å². The SMILES string of the molecule is CC(C)(C)N1CCC(C(F)C(=O)O)C1. The summed E-state index contributed by atoms with van der Waals surface area (Å²) < 4.78 is 13.2. The molecule has 2 unspecified atom stereocenters. The van der Waals surface area contributed by atoms with Gasteiger partial charge in [0, 0.05) is 18.0 Å². The Morgan fingerprint density at radius 1 is 1.57 bits per heavy atom. The minimum atomic E-state index is -1.71. The summed E-state index contributed by atoms with van der Waals surface area (Å²) in [5.74, 6) is -1.67. The van der Waals surface area contributed by atoms with Crippen LogP contribution in [0.5, 0.6) is 0 Å². The predicted molar refractivity (Wildman–Crippen MR) is 52.0 cm³/mol. The average molecular weight is 203 g/mol. The predicted octanol–water partition coefficient (Wildman–Crippen LogP) is 1.53. The summed E-state index contributed by atoms with van der Waals surface area (Å²) in [6.07, 6.45) is -1.06. The summed E-state index contributed by atoms with van der Waals surface area (Å²) in [5.41, 5.74) is 0.00692. The van der Waals surface area contributed by atoms with Crippen molar-refractivity contribution in [3.05, 3.63) is 0 Å². The van der Waals surface area contributed by atoms with Crippen LogP contribution < -0.4 is 0 Å². The van der Waals surface area contributed by atoms with Crippen LogP contribution in [0.15, 0.2) is 0 Å². The lowest BCUT2D eigenvalue weighted by Gasteiger charge is -2.31. The molecule has 0 aromatic rings. The van der Waals surface area contributed by atoms with E-state index >= 15 is 0 Å². The second-order valence-corrected chi connectivity index (χ2v) is 4.91. The van der Waals surface area contributed by atoms with Crippen LogP contribution in [-0.2, 0) is 4.79 Å². The lowest BCUT2D eigenvalue weighted by molar-refractivity contribution is -0.144. The smallest absolute Gasteiger partial charge is 0.338 e. The Balaban J connectivity index is 2.53. The highest BCUT2D eigenvalue weighted by molar-refractivity contribution is 5.72. The van der Waals surface area contributed by atoms with Gasteiger partial charge in [-0.25, -0.2) is 9.18 Å². The molecule has 1 aliphatic heterocycles. The van der Waals surface area contributed by atoms with E-state index in [0.717, 1.165) is 6.54 Å². The molecule has 82 valence electrons. The molecule has 0 amide bonds. The molecular weight excluding hydrogens is 185 g/mol. The Morgan fingerprint density at radius 2 is 2.14 bits per heavy atom. The third-order valence-electron chi connectivity index (χ3n) is 2.82. The van der Waals surface area contributed by atoms with E-state index in [0.29, 0.717) is 13.0 Å². The van der Waals surface area contributed by atoms with Crippen LogP contribution >= 0.6 is 0 Å². The third-order valence-corrected chi connectivity index (χ3v) is 2.82. The normalized spacial score (nSPS) is 26.4. The van der Waals surface area contributed by atoms with Crippen molar-refractivity contribution in [2.24, 2.45) is 5.92 Å². The number of carboxylic acid groups (broad SMARTS) is 1. The molecule has 0 aliphatic carbocycles. The number of carboxylic acids is 1. The number of aliphatic carboxylic acids is 1. The van der Waals surface area contributed by atoms with Crippen LogP contribution in [0, 0.1) is 5.92 Å². The molecule has 1 rings (SSSR count). The Bertz CT molecular complexity index is 225.